The third-order valence-electron chi connectivity index (χ3n) is 5.61. The molecule has 0 aliphatic carbocycles. The van der Waals surface area contributed by atoms with Crippen LogP contribution >= 0.6 is 0 Å². The van der Waals surface area contributed by atoms with Gasteiger partial charge in [-0.15, -0.1) is 0 Å². The molecule has 3 heterocycles. The maximum Gasteiger partial charge on any atom is 0.251 e. The van der Waals surface area contributed by atoms with Crippen molar-refractivity contribution in [2.45, 2.75) is 25.4 Å². The van der Waals surface area contributed by atoms with Gasteiger partial charge < -0.3 is 5.32 Å². The van der Waals surface area contributed by atoms with Crippen LogP contribution in [0.3, 0.4) is 0 Å². The van der Waals surface area contributed by atoms with Crippen molar-refractivity contribution in [3.05, 3.63) is 95.8 Å². The first kappa shape index (κ1) is 20.2. The van der Waals surface area contributed by atoms with Crippen LogP contribution in [0.25, 0.3) is 0 Å². The number of carbonyl (C=O) groups is 1. The Morgan fingerprint density at radius 3 is 2.67 bits per heavy atom. The summed E-state index contributed by atoms with van der Waals surface area (Å²) in [6, 6.07) is 15.4. The highest BCUT2D eigenvalue weighted by Gasteiger charge is 2.30. The Labute approximate surface area is 176 Å². The highest BCUT2D eigenvalue weighted by atomic mass is 19.1. The number of amides is 1. The summed E-state index contributed by atoms with van der Waals surface area (Å²) in [5.41, 5.74) is 2.37. The van der Waals surface area contributed by atoms with Crippen LogP contribution < -0.4 is 5.32 Å². The Morgan fingerprint density at radius 1 is 1.10 bits per heavy atom. The molecular weight excluding hydrogens is 379 g/mol. The molecular formula is C24H25FN4O. The molecule has 4 rings (SSSR count). The third kappa shape index (κ3) is 5.07. The van der Waals surface area contributed by atoms with Crippen LogP contribution in [0.5, 0.6) is 0 Å². The van der Waals surface area contributed by atoms with Gasteiger partial charge >= 0.3 is 0 Å². The third-order valence-corrected chi connectivity index (χ3v) is 5.61. The Balaban J connectivity index is 1.45. The molecule has 0 radical (unpaired) electrons. The average molecular weight is 404 g/mol. The number of benzene rings is 1. The first-order valence-electron chi connectivity index (χ1n) is 10.3. The van der Waals surface area contributed by atoms with Gasteiger partial charge in [0.1, 0.15) is 5.82 Å². The molecule has 154 valence electrons. The smallest absolute Gasteiger partial charge is 0.251 e. The van der Waals surface area contributed by atoms with Gasteiger partial charge in [-0.05, 0) is 73.8 Å². The number of likely N-dealkylation sites (tertiary alicyclic amines) is 1. The van der Waals surface area contributed by atoms with Crippen LogP contribution in [0.2, 0.25) is 0 Å². The second-order valence-electron chi connectivity index (χ2n) is 7.69. The van der Waals surface area contributed by atoms with Gasteiger partial charge in [-0.2, -0.15) is 0 Å². The first-order chi connectivity index (χ1) is 14.7. The largest absolute Gasteiger partial charge is 0.343 e. The Kier molecular flexibility index (Phi) is 6.44. The lowest BCUT2D eigenvalue weighted by Gasteiger charge is -2.36. The Hall–Kier alpha value is -3.12. The molecule has 1 unspecified atom stereocenters. The summed E-state index contributed by atoms with van der Waals surface area (Å²) in [6.07, 6.45) is 7.33. The van der Waals surface area contributed by atoms with E-state index in [0.29, 0.717) is 5.56 Å². The highest BCUT2D eigenvalue weighted by molar-refractivity contribution is 5.94. The molecule has 6 heteroatoms. The second-order valence-corrected chi connectivity index (χ2v) is 7.69. The van der Waals surface area contributed by atoms with Crippen molar-refractivity contribution >= 4 is 5.91 Å². The van der Waals surface area contributed by atoms with Crippen molar-refractivity contribution in [1.82, 2.24) is 20.2 Å². The zero-order valence-corrected chi connectivity index (χ0v) is 16.7. The fraction of sp³-hybridized carbons (Fsp3) is 0.292. The second kappa shape index (κ2) is 9.59. The SMILES string of the molecule is O=C(NC(c1ccccn1)C1CCN(Cc2cccnc2)CC1)c1cccc(F)c1. The molecule has 1 fully saturated rings. The van der Waals surface area contributed by atoms with E-state index in [-0.39, 0.29) is 17.9 Å². The van der Waals surface area contributed by atoms with Crippen LogP contribution in [-0.4, -0.2) is 33.9 Å². The lowest BCUT2D eigenvalue weighted by molar-refractivity contribution is 0.0888. The Morgan fingerprint density at radius 2 is 1.97 bits per heavy atom. The lowest BCUT2D eigenvalue weighted by atomic mass is 9.87. The fourth-order valence-corrected chi connectivity index (χ4v) is 4.04. The van der Waals surface area contributed by atoms with Gasteiger partial charge in [-0.1, -0.05) is 18.2 Å². The van der Waals surface area contributed by atoms with Crippen molar-refractivity contribution in [2.24, 2.45) is 5.92 Å². The summed E-state index contributed by atoms with van der Waals surface area (Å²) < 4.78 is 13.6. The zero-order valence-electron chi connectivity index (χ0n) is 16.7. The number of pyridine rings is 2. The molecule has 3 aromatic rings. The van der Waals surface area contributed by atoms with Crippen molar-refractivity contribution < 1.29 is 9.18 Å². The normalized spacial score (nSPS) is 16.2. The van der Waals surface area contributed by atoms with E-state index < -0.39 is 5.82 Å². The molecule has 2 aromatic heterocycles. The van der Waals surface area contributed by atoms with E-state index in [1.165, 1.54) is 17.7 Å². The van der Waals surface area contributed by atoms with Crippen molar-refractivity contribution in [1.29, 1.82) is 0 Å². The van der Waals surface area contributed by atoms with Crippen LogP contribution in [0.1, 0.15) is 40.5 Å². The van der Waals surface area contributed by atoms with E-state index in [9.17, 15) is 9.18 Å². The quantitative estimate of drug-likeness (QED) is 0.675. The molecule has 1 aromatic carbocycles. The summed E-state index contributed by atoms with van der Waals surface area (Å²) in [5, 5.41) is 3.11. The number of rotatable bonds is 6. The number of nitrogens with zero attached hydrogens (tertiary/aromatic N) is 3. The number of aromatic nitrogens is 2. The number of carbonyl (C=O) groups excluding carboxylic acids is 1. The molecule has 1 aliphatic rings. The summed E-state index contributed by atoms with van der Waals surface area (Å²) in [4.78, 5) is 23.9. The van der Waals surface area contributed by atoms with E-state index >= 15 is 0 Å². The maximum absolute atomic E-state index is 13.6. The predicted molar refractivity (Wildman–Crippen MR) is 113 cm³/mol. The molecule has 30 heavy (non-hydrogen) atoms. The fourth-order valence-electron chi connectivity index (χ4n) is 4.04. The molecule has 1 saturated heterocycles. The van der Waals surface area contributed by atoms with Gasteiger partial charge in [-0.25, -0.2) is 4.39 Å². The van der Waals surface area contributed by atoms with Crippen molar-refractivity contribution in [3.8, 4) is 0 Å². The van der Waals surface area contributed by atoms with Gasteiger partial charge in [0.15, 0.2) is 0 Å². The highest BCUT2D eigenvalue weighted by Crippen LogP contribution is 2.30. The molecule has 1 amide bonds. The van der Waals surface area contributed by atoms with Crippen molar-refractivity contribution in [3.63, 3.8) is 0 Å². The molecule has 1 atom stereocenters. The van der Waals surface area contributed by atoms with E-state index in [1.807, 2.05) is 30.5 Å². The number of nitrogens with one attached hydrogen (secondary N) is 1. The molecule has 5 nitrogen and oxygen atoms in total. The zero-order chi connectivity index (χ0) is 20.8. The monoisotopic (exact) mass is 404 g/mol. The minimum absolute atomic E-state index is 0.206. The van der Waals surface area contributed by atoms with E-state index in [2.05, 4.69) is 26.3 Å². The van der Waals surface area contributed by atoms with Crippen LogP contribution in [0, 0.1) is 11.7 Å². The first-order valence-corrected chi connectivity index (χ1v) is 10.3. The number of hydrogen-bond acceptors (Lipinski definition) is 4. The average Bonchev–Trinajstić information content (AvgIpc) is 2.79. The van der Waals surface area contributed by atoms with Crippen molar-refractivity contribution in [2.75, 3.05) is 13.1 Å². The number of hydrogen-bond donors (Lipinski definition) is 1. The molecule has 1 N–H and O–H groups in total. The lowest BCUT2D eigenvalue weighted by Crippen LogP contribution is -2.40. The topological polar surface area (TPSA) is 58.1 Å². The summed E-state index contributed by atoms with van der Waals surface area (Å²) in [7, 11) is 0. The summed E-state index contributed by atoms with van der Waals surface area (Å²) in [5.74, 6) is -0.425. The van der Waals surface area contributed by atoms with E-state index in [0.717, 1.165) is 38.2 Å². The van der Waals surface area contributed by atoms with Crippen LogP contribution in [0.4, 0.5) is 4.39 Å². The van der Waals surface area contributed by atoms with Gasteiger partial charge in [0, 0.05) is 30.7 Å². The van der Waals surface area contributed by atoms with E-state index in [1.54, 1.807) is 24.5 Å². The van der Waals surface area contributed by atoms with Crippen LogP contribution in [-0.2, 0) is 6.54 Å². The van der Waals surface area contributed by atoms with Gasteiger partial charge in [0.2, 0.25) is 0 Å². The van der Waals surface area contributed by atoms with Gasteiger partial charge in [0.05, 0.1) is 11.7 Å². The van der Waals surface area contributed by atoms with Gasteiger partial charge in [0.25, 0.3) is 5.91 Å². The number of halogens is 1. The minimum atomic E-state index is -0.416. The molecule has 0 spiro atoms. The van der Waals surface area contributed by atoms with Crippen LogP contribution in [0.15, 0.2) is 73.2 Å². The standard InChI is InChI=1S/C24H25FN4O/c25-21-7-3-6-20(15-21)24(30)28-23(22-8-1-2-12-27-22)19-9-13-29(14-10-19)17-18-5-4-11-26-16-18/h1-8,11-12,15-16,19,23H,9-10,13-14,17H2,(H,28,30). The Bertz CT molecular complexity index is 959. The predicted octanol–water partition coefficient (Wildman–Crippen LogP) is 4.00. The summed E-state index contributed by atoms with van der Waals surface area (Å²) >= 11 is 0. The molecule has 1 aliphatic heterocycles. The minimum Gasteiger partial charge on any atom is -0.343 e. The maximum atomic E-state index is 13.6. The molecule has 0 saturated carbocycles. The molecule has 0 bridgehead atoms. The number of piperidine rings is 1. The van der Waals surface area contributed by atoms with Gasteiger partial charge in [-0.3, -0.25) is 19.7 Å². The van der Waals surface area contributed by atoms with E-state index in [4.69, 9.17) is 0 Å². The summed E-state index contributed by atoms with van der Waals surface area (Å²) in [6.45, 7) is 2.77.